The van der Waals surface area contributed by atoms with Gasteiger partial charge in [-0.3, -0.25) is 4.98 Å². The molecule has 3 nitrogen and oxygen atoms in total. The summed E-state index contributed by atoms with van der Waals surface area (Å²) in [7, 11) is 0. The van der Waals surface area contributed by atoms with Gasteiger partial charge in [0.25, 0.3) is 0 Å². The quantitative estimate of drug-likeness (QED) is 0.771. The van der Waals surface area contributed by atoms with Crippen molar-refractivity contribution in [3.05, 3.63) is 64.4 Å². The zero-order valence-electron chi connectivity index (χ0n) is 10.5. The van der Waals surface area contributed by atoms with Crippen molar-refractivity contribution in [1.29, 1.82) is 0 Å². The number of para-hydroxylation sites is 1. The van der Waals surface area contributed by atoms with Crippen LogP contribution in [-0.4, -0.2) is 9.97 Å². The molecule has 0 aliphatic heterocycles. The van der Waals surface area contributed by atoms with Crippen LogP contribution >= 0.6 is 23.2 Å². The minimum Gasteiger partial charge on any atom is -0.365 e. The van der Waals surface area contributed by atoms with Crippen LogP contribution < -0.4 is 5.32 Å². The van der Waals surface area contributed by atoms with E-state index in [4.69, 9.17) is 23.2 Å². The molecule has 0 fully saturated rings. The van der Waals surface area contributed by atoms with Crippen molar-refractivity contribution in [2.45, 2.75) is 6.54 Å². The molecule has 20 heavy (non-hydrogen) atoms. The van der Waals surface area contributed by atoms with E-state index < -0.39 is 0 Å². The zero-order chi connectivity index (χ0) is 13.9. The van der Waals surface area contributed by atoms with Crippen LogP contribution in [0.15, 0.2) is 48.8 Å². The first-order valence-corrected chi connectivity index (χ1v) is 6.87. The van der Waals surface area contributed by atoms with E-state index in [9.17, 15) is 0 Å². The van der Waals surface area contributed by atoms with Gasteiger partial charge in [-0.15, -0.1) is 0 Å². The van der Waals surface area contributed by atoms with Gasteiger partial charge in [0.2, 0.25) is 0 Å². The van der Waals surface area contributed by atoms with E-state index in [1.807, 2.05) is 30.3 Å². The summed E-state index contributed by atoms with van der Waals surface area (Å²) >= 11 is 11.9. The van der Waals surface area contributed by atoms with Crippen molar-refractivity contribution in [3.63, 3.8) is 0 Å². The fraction of sp³-hybridized carbons (Fsp3) is 0.0667. The lowest BCUT2D eigenvalue weighted by Gasteiger charge is -2.09. The maximum atomic E-state index is 6.09. The summed E-state index contributed by atoms with van der Waals surface area (Å²) in [5, 5.41) is 5.35. The number of pyridine rings is 2. The summed E-state index contributed by atoms with van der Waals surface area (Å²) in [5.41, 5.74) is 2.07. The molecule has 0 radical (unpaired) electrons. The maximum Gasteiger partial charge on any atom is 0.145 e. The number of rotatable bonds is 3. The van der Waals surface area contributed by atoms with Crippen molar-refractivity contribution >= 4 is 39.9 Å². The van der Waals surface area contributed by atoms with Crippen LogP contribution in [-0.2, 0) is 6.54 Å². The third-order valence-electron chi connectivity index (χ3n) is 2.97. The van der Waals surface area contributed by atoms with Crippen LogP contribution in [0.1, 0.15) is 5.56 Å². The Bertz CT molecular complexity index is 754. The van der Waals surface area contributed by atoms with Crippen molar-refractivity contribution < 1.29 is 0 Å². The monoisotopic (exact) mass is 303 g/mol. The van der Waals surface area contributed by atoms with E-state index in [2.05, 4.69) is 15.3 Å². The van der Waals surface area contributed by atoms with E-state index in [1.54, 1.807) is 18.5 Å². The highest BCUT2D eigenvalue weighted by Gasteiger charge is 2.05. The van der Waals surface area contributed by atoms with Crippen LogP contribution in [0.3, 0.4) is 0 Å². The van der Waals surface area contributed by atoms with E-state index in [0.29, 0.717) is 22.4 Å². The van der Waals surface area contributed by atoms with Gasteiger partial charge in [-0.25, -0.2) is 4.98 Å². The molecule has 0 aliphatic carbocycles. The molecule has 3 rings (SSSR count). The molecule has 2 heterocycles. The first-order chi connectivity index (χ1) is 9.74. The van der Waals surface area contributed by atoms with Crippen molar-refractivity contribution in [1.82, 2.24) is 9.97 Å². The minimum atomic E-state index is 0.505. The lowest BCUT2D eigenvalue weighted by molar-refractivity contribution is 1.12. The summed E-state index contributed by atoms with van der Waals surface area (Å²) in [4.78, 5) is 8.59. The molecule has 0 amide bonds. The average Bonchev–Trinajstić information content (AvgIpc) is 2.46. The summed E-state index contributed by atoms with van der Waals surface area (Å²) in [5.74, 6) is 0.615. The van der Waals surface area contributed by atoms with E-state index in [1.165, 1.54) is 0 Å². The summed E-state index contributed by atoms with van der Waals surface area (Å²) < 4.78 is 0. The number of hydrogen-bond acceptors (Lipinski definition) is 3. The van der Waals surface area contributed by atoms with Gasteiger partial charge in [-0.05, 0) is 17.7 Å². The normalized spacial score (nSPS) is 10.7. The maximum absolute atomic E-state index is 6.09. The lowest BCUT2D eigenvalue weighted by Crippen LogP contribution is -2.03. The molecular formula is C15H11Cl2N3. The Morgan fingerprint density at radius 2 is 1.90 bits per heavy atom. The van der Waals surface area contributed by atoms with Crippen molar-refractivity contribution in [3.8, 4) is 0 Å². The first-order valence-electron chi connectivity index (χ1n) is 6.11. The predicted octanol–water partition coefficient (Wildman–Crippen LogP) is 4.55. The molecule has 0 unspecified atom stereocenters. The largest absolute Gasteiger partial charge is 0.365 e. The molecule has 1 N–H and O–H groups in total. The minimum absolute atomic E-state index is 0.505. The van der Waals surface area contributed by atoms with Gasteiger partial charge in [0, 0.05) is 24.3 Å². The van der Waals surface area contributed by atoms with Crippen LogP contribution in [0, 0.1) is 0 Å². The number of nitrogens with one attached hydrogen (secondary N) is 1. The predicted molar refractivity (Wildman–Crippen MR) is 83.3 cm³/mol. The molecule has 0 saturated heterocycles. The third kappa shape index (κ3) is 2.69. The standard InChI is InChI=1S/C15H11Cl2N3/c16-12-7-13(17)15(20-9-12)19-8-11-4-1-3-10-5-2-6-18-14(10)11/h1-7,9H,8H2,(H,19,20). The topological polar surface area (TPSA) is 37.8 Å². The highest BCUT2D eigenvalue weighted by molar-refractivity contribution is 6.35. The molecule has 0 atom stereocenters. The third-order valence-corrected chi connectivity index (χ3v) is 3.47. The first kappa shape index (κ1) is 13.2. The number of anilines is 1. The van der Waals surface area contributed by atoms with E-state index >= 15 is 0 Å². The lowest BCUT2D eigenvalue weighted by atomic mass is 10.1. The number of benzene rings is 1. The Balaban J connectivity index is 1.87. The molecule has 1 aromatic carbocycles. The van der Waals surface area contributed by atoms with Crippen molar-refractivity contribution in [2.24, 2.45) is 0 Å². The number of nitrogens with zero attached hydrogens (tertiary/aromatic N) is 2. The molecule has 5 heteroatoms. The van der Waals surface area contributed by atoms with Crippen LogP contribution in [0.25, 0.3) is 10.9 Å². The van der Waals surface area contributed by atoms with Gasteiger partial charge in [0.1, 0.15) is 5.82 Å². The van der Waals surface area contributed by atoms with E-state index in [0.717, 1.165) is 16.5 Å². The number of halogens is 2. The molecule has 0 aliphatic rings. The second kappa shape index (κ2) is 5.65. The summed E-state index contributed by atoms with van der Waals surface area (Å²) in [6.07, 6.45) is 3.36. The molecule has 0 spiro atoms. The van der Waals surface area contributed by atoms with Crippen LogP contribution in [0.5, 0.6) is 0 Å². The molecule has 100 valence electrons. The van der Waals surface area contributed by atoms with Gasteiger partial charge >= 0.3 is 0 Å². The molecule has 2 aromatic heterocycles. The highest BCUT2D eigenvalue weighted by Crippen LogP contribution is 2.24. The van der Waals surface area contributed by atoms with Crippen LogP contribution in [0.4, 0.5) is 5.82 Å². The summed E-state index contributed by atoms with van der Waals surface area (Å²) in [6, 6.07) is 11.7. The van der Waals surface area contributed by atoms with Crippen LogP contribution in [0.2, 0.25) is 10.0 Å². The second-order valence-electron chi connectivity index (χ2n) is 4.33. The summed E-state index contributed by atoms with van der Waals surface area (Å²) in [6.45, 7) is 0.600. The zero-order valence-corrected chi connectivity index (χ0v) is 12.0. The Morgan fingerprint density at radius 1 is 1.05 bits per heavy atom. The number of aromatic nitrogens is 2. The van der Waals surface area contributed by atoms with Gasteiger partial charge < -0.3 is 5.32 Å². The second-order valence-corrected chi connectivity index (χ2v) is 5.17. The van der Waals surface area contributed by atoms with Crippen molar-refractivity contribution in [2.75, 3.05) is 5.32 Å². The Labute approximate surface area is 126 Å². The SMILES string of the molecule is Clc1cnc(NCc2cccc3cccnc23)c(Cl)c1. The van der Waals surface area contributed by atoms with Gasteiger partial charge in [-0.1, -0.05) is 47.5 Å². The highest BCUT2D eigenvalue weighted by atomic mass is 35.5. The van der Waals surface area contributed by atoms with E-state index in [-0.39, 0.29) is 0 Å². The van der Waals surface area contributed by atoms with Gasteiger partial charge in [0.15, 0.2) is 0 Å². The Morgan fingerprint density at radius 3 is 2.75 bits per heavy atom. The fourth-order valence-electron chi connectivity index (χ4n) is 2.03. The number of hydrogen-bond donors (Lipinski definition) is 1. The molecule has 0 bridgehead atoms. The fourth-order valence-corrected chi connectivity index (χ4v) is 2.48. The number of fused-ring (bicyclic) bond motifs is 1. The van der Waals surface area contributed by atoms with Gasteiger partial charge in [-0.2, -0.15) is 0 Å². The molecule has 3 aromatic rings. The smallest absolute Gasteiger partial charge is 0.145 e. The van der Waals surface area contributed by atoms with Gasteiger partial charge in [0.05, 0.1) is 15.6 Å². The Hall–Kier alpha value is -1.84. The molecular weight excluding hydrogens is 293 g/mol. The average molecular weight is 304 g/mol. The molecule has 0 saturated carbocycles. The Kier molecular flexibility index (Phi) is 3.72.